The zero-order chi connectivity index (χ0) is 14.8. The minimum absolute atomic E-state index is 0. The quantitative estimate of drug-likeness (QED) is 0.725. The number of rotatable bonds is 3. The number of para-hydroxylation sites is 1. The average Bonchev–Trinajstić information content (AvgIpc) is 2.47. The number of pyridine rings is 1. The standard InChI is InChI=1S/C16H11ClN2O2.ClH/c17-10-5-6-11-14(7-8-18-15(11)9-10)19-13-4-2-1-3-12(13)16(20)21;/h1-9H,(H,18,19)(H,20,21);1H. The molecule has 0 unspecified atom stereocenters. The van der Waals surface area contributed by atoms with Crippen molar-refractivity contribution in [3.63, 3.8) is 0 Å². The molecule has 0 radical (unpaired) electrons. The molecule has 22 heavy (non-hydrogen) atoms. The van der Waals surface area contributed by atoms with Crippen LogP contribution in [0.1, 0.15) is 10.4 Å². The molecule has 3 aromatic rings. The van der Waals surface area contributed by atoms with Gasteiger partial charge in [0.05, 0.1) is 16.8 Å². The highest BCUT2D eigenvalue weighted by Crippen LogP contribution is 2.28. The van der Waals surface area contributed by atoms with Crippen LogP contribution in [0.3, 0.4) is 0 Å². The summed E-state index contributed by atoms with van der Waals surface area (Å²) in [6.45, 7) is 0. The number of aromatic carboxylic acids is 1. The lowest BCUT2D eigenvalue weighted by Crippen LogP contribution is -2.02. The molecule has 1 heterocycles. The van der Waals surface area contributed by atoms with Gasteiger partial charge >= 0.3 is 5.97 Å². The van der Waals surface area contributed by atoms with E-state index in [-0.39, 0.29) is 18.0 Å². The zero-order valence-corrected chi connectivity index (χ0v) is 12.9. The summed E-state index contributed by atoms with van der Waals surface area (Å²) < 4.78 is 0. The fourth-order valence-electron chi connectivity index (χ4n) is 2.15. The van der Waals surface area contributed by atoms with Crippen molar-refractivity contribution in [2.45, 2.75) is 0 Å². The van der Waals surface area contributed by atoms with E-state index in [4.69, 9.17) is 11.6 Å². The van der Waals surface area contributed by atoms with Crippen molar-refractivity contribution in [3.8, 4) is 0 Å². The first kappa shape index (κ1) is 16.1. The van der Waals surface area contributed by atoms with Gasteiger partial charge in [-0.3, -0.25) is 4.98 Å². The molecule has 0 aliphatic rings. The second kappa shape index (κ2) is 6.64. The van der Waals surface area contributed by atoms with Crippen molar-refractivity contribution in [3.05, 3.63) is 65.3 Å². The number of fused-ring (bicyclic) bond motifs is 1. The summed E-state index contributed by atoms with van der Waals surface area (Å²) in [4.78, 5) is 15.5. The number of anilines is 2. The van der Waals surface area contributed by atoms with Gasteiger partial charge in [0, 0.05) is 22.3 Å². The van der Waals surface area contributed by atoms with Crippen molar-refractivity contribution < 1.29 is 9.90 Å². The second-order valence-corrected chi connectivity index (χ2v) is 4.93. The van der Waals surface area contributed by atoms with Crippen LogP contribution in [-0.2, 0) is 0 Å². The van der Waals surface area contributed by atoms with E-state index in [9.17, 15) is 9.90 Å². The normalized spacial score (nSPS) is 10.0. The number of carboxylic acid groups (broad SMARTS) is 1. The van der Waals surface area contributed by atoms with Crippen molar-refractivity contribution in [1.82, 2.24) is 4.98 Å². The lowest BCUT2D eigenvalue weighted by molar-refractivity contribution is 0.0698. The van der Waals surface area contributed by atoms with Gasteiger partial charge in [0.25, 0.3) is 0 Å². The van der Waals surface area contributed by atoms with Gasteiger partial charge in [0.1, 0.15) is 0 Å². The maximum atomic E-state index is 11.3. The molecule has 0 spiro atoms. The zero-order valence-electron chi connectivity index (χ0n) is 11.3. The van der Waals surface area contributed by atoms with E-state index >= 15 is 0 Å². The molecule has 0 bridgehead atoms. The van der Waals surface area contributed by atoms with Gasteiger partial charge < -0.3 is 10.4 Å². The summed E-state index contributed by atoms with van der Waals surface area (Å²) in [5.41, 5.74) is 2.29. The SMILES string of the molecule is Cl.O=C(O)c1ccccc1Nc1ccnc2cc(Cl)ccc12. The van der Waals surface area contributed by atoms with Gasteiger partial charge in [-0.15, -0.1) is 12.4 Å². The number of aromatic nitrogens is 1. The highest BCUT2D eigenvalue weighted by Gasteiger charge is 2.10. The fourth-order valence-corrected chi connectivity index (χ4v) is 2.32. The molecule has 2 N–H and O–H groups in total. The van der Waals surface area contributed by atoms with E-state index in [0.717, 1.165) is 16.6 Å². The van der Waals surface area contributed by atoms with Gasteiger partial charge in [-0.05, 0) is 36.4 Å². The molecule has 6 heteroatoms. The van der Waals surface area contributed by atoms with Crippen molar-refractivity contribution >= 4 is 52.3 Å². The van der Waals surface area contributed by atoms with Crippen molar-refractivity contribution in [1.29, 1.82) is 0 Å². The van der Waals surface area contributed by atoms with Gasteiger partial charge in [0.15, 0.2) is 0 Å². The topological polar surface area (TPSA) is 62.2 Å². The molecule has 0 atom stereocenters. The third-order valence-electron chi connectivity index (χ3n) is 3.13. The van der Waals surface area contributed by atoms with Crippen LogP contribution in [-0.4, -0.2) is 16.1 Å². The van der Waals surface area contributed by atoms with Crippen LogP contribution in [0.4, 0.5) is 11.4 Å². The van der Waals surface area contributed by atoms with Crippen LogP contribution in [0, 0.1) is 0 Å². The first-order chi connectivity index (χ1) is 10.1. The highest BCUT2D eigenvalue weighted by molar-refractivity contribution is 6.31. The maximum absolute atomic E-state index is 11.3. The van der Waals surface area contributed by atoms with Gasteiger partial charge in [-0.2, -0.15) is 0 Å². The number of carboxylic acids is 1. The Morgan fingerprint density at radius 3 is 2.64 bits per heavy atom. The molecular formula is C16H12Cl2N2O2. The number of hydrogen-bond donors (Lipinski definition) is 2. The largest absolute Gasteiger partial charge is 0.478 e. The lowest BCUT2D eigenvalue weighted by atomic mass is 10.1. The van der Waals surface area contributed by atoms with Crippen LogP contribution in [0.25, 0.3) is 10.9 Å². The summed E-state index contributed by atoms with van der Waals surface area (Å²) in [7, 11) is 0. The fraction of sp³-hybridized carbons (Fsp3) is 0. The number of benzene rings is 2. The third-order valence-corrected chi connectivity index (χ3v) is 3.37. The average molecular weight is 335 g/mol. The molecule has 2 aromatic carbocycles. The van der Waals surface area contributed by atoms with Crippen LogP contribution >= 0.6 is 24.0 Å². The van der Waals surface area contributed by atoms with E-state index in [2.05, 4.69) is 10.3 Å². The summed E-state index contributed by atoms with van der Waals surface area (Å²) in [5.74, 6) is -0.973. The Labute approximate surface area is 138 Å². The number of carbonyl (C=O) groups is 1. The molecular weight excluding hydrogens is 323 g/mol. The summed E-state index contributed by atoms with van der Waals surface area (Å²) >= 11 is 5.96. The second-order valence-electron chi connectivity index (χ2n) is 4.50. The maximum Gasteiger partial charge on any atom is 0.337 e. The molecule has 3 rings (SSSR count). The predicted octanol–water partition coefficient (Wildman–Crippen LogP) is 4.75. The minimum atomic E-state index is -0.973. The summed E-state index contributed by atoms with van der Waals surface area (Å²) in [6, 6.07) is 14.0. The van der Waals surface area contributed by atoms with E-state index < -0.39 is 5.97 Å². The van der Waals surface area contributed by atoms with Gasteiger partial charge in [-0.1, -0.05) is 23.7 Å². The number of nitrogens with zero attached hydrogens (tertiary/aromatic N) is 1. The van der Waals surface area contributed by atoms with Crippen LogP contribution < -0.4 is 5.32 Å². The molecule has 0 aliphatic carbocycles. The Morgan fingerprint density at radius 1 is 1.09 bits per heavy atom. The van der Waals surface area contributed by atoms with E-state index in [1.807, 2.05) is 6.07 Å². The first-order valence-corrected chi connectivity index (χ1v) is 6.66. The Kier molecular flexibility index (Phi) is 4.85. The number of nitrogens with one attached hydrogen (secondary N) is 1. The highest BCUT2D eigenvalue weighted by atomic mass is 35.5. The molecule has 4 nitrogen and oxygen atoms in total. The smallest absolute Gasteiger partial charge is 0.337 e. The van der Waals surface area contributed by atoms with Crippen molar-refractivity contribution in [2.24, 2.45) is 0 Å². The van der Waals surface area contributed by atoms with Crippen molar-refractivity contribution in [2.75, 3.05) is 5.32 Å². The number of hydrogen-bond acceptors (Lipinski definition) is 3. The van der Waals surface area contributed by atoms with E-state index in [1.165, 1.54) is 0 Å². The summed E-state index contributed by atoms with van der Waals surface area (Å²) in [6.07, 6.45) is 1.66. The first-order valence-electron chi connectivity index (χ1n) is 6.29. The molecule has 0 aliphatic heterocycles. The Bertz CT molecular complexity index is 837. The predicted molar refractivity (Wildman–Crippen MR) is 90.7 cm³/mol. The summed E-state index contributed by atoms with van der Waals surface area (Å²) in [5, 5.41) is 13.9. The third kappa shape index (κ3) is 3.13. The number of halogens is 2. The Morgan fingerprint density at radius 2 is 1.86 bits per heavy atom. The van der Waals surface area contributed by atoms with Crippen LogP contribution in [0.15, 0.2) is 54.7 Å². The molecule has 0 saturated carbocycles. The molecule has 0 saturated heterocycles. The Hall–Kier alpha value is -2.30. The minimum Gasteiger partial charge on any atom is -0.478 e. The Balaban J connectivity index is 0.00000176. The van der Waals surface area contributed by atoms with Gasteiger partial charge in [0.2, 0.25) is 0 Å². The lowest BCUT2D eigenvalue weighted by Gasteiger charge is -2.11. The molecule has 0 fully saturated rings. The van der Waals surface area contributed by atoms with Crippen LogP contribution in [0.2, 0.25) is 5.02 Å². The monoisotopic (exact) mass is 334 g/mol. The van der Waals surface area contributed by atoms with Gasteiger partial charge in [-0.25, -0.2) is 4.79 Å². The molecule has 112 valence electrons. The van der Waals surface area contributed by atoms with E-state index in [0.29, 0.717) is 10.7 Å². The van der Waals surface area contributed by atoms with Crippen LogP contribution in [0.5, 0.6) is 0 Å². The molecule has 1 aromatic heterocycles. The van der Waals surface area contributed by atoms with E-state index in [1.54, 1.807) is 48.7 Å². The molecule has 0 amide bonds.